The van der Waals surface area contributed by atoms with Gasteiger partial charge in [-0.1, -0.05) is 6.07 Å². The molecule has 6 heteroatoms. The van der Waals surface area contributed by atoms with Gasteiger partial charge in [-0.3, -0.25) is 9.78 Å². The Morgan fingerprint density at radius 3 is 2.90 bits per heavy atom. The number of aromatic nitrogens is 2. The van der Waals surface area contributed by atoms with Crippen LogP contribution in [0.4, 0.5) is 5.69 Å². The Hall–Kier alpha value is -2.63. The predicted molar refractivity (Wildman–Crippen MR) is 75.6 cm³/mol. The van der Waals surface area contributed by atoms with Crippen LogP contribution in [0.1, 0.15) is 21.6 Å². The topological polar surface area (TPSA) is 90.1 Å². The van der Waals surface area contributed by atoms with Crippen LogP contribution >= 0.6 is 0 Å². The van der Waals surface area contributed by atoms with E-state index in [0.717, 1.165) is 11.3 Å². The van der Waals surface area contributed by atoms with Crippen molar-refractivity contribution in [2.45, 2.75) is 13.5 Å². The number of primary amides is 1. The third-order valence-electron chi connectivity index (χ3n) is 2.91. The average molecular weight is 272 g/mol. The highest BCUT2D eigenvalue weighted by Crippen LogP contribution is 2.19. The number of hydrogen-bond donors (Lipinski definition) is 2. The molecule has 2 aromatic rings. The zero-order valence-corrected chi connectivity index (χ0v) is 11.4. The number of pyridine rings is 2. The molecule has 0 aromatic carbocycles. The van der Waals surface area contributed by atoms with Gasteiger partial charge in [0.2, 0.25) is 5.88 Å². The van der Waals surface area contributed by atoms with Gasteiger partial charge >= 0.3 is 0 Å². The van der Waals surface area contributed by atoms with E-state index < -0.39 is 5.91 Å². The van der Waals surface area contributed by atoms with Crippen molar-refractivity contribution in [2.24, 2.45) is 5.73 Å². The Morgan fingerprint density at radius 1 is 1.45 bits per heavy atom. The van der Waals surface area contributed by atoms with Crippen LogP contribution in [0.15, 0.2) is 30.6 Å². The molecule has 0 spiro atoms. The summed E-state index contributed by atoms with van der Waals surface area (Å²) >= 11 is 0. The molecule has 0 radical (unpaired) electrons. The molecule has 0 fully saturated rings. The van der Waals surface area contributed by atoms with Crippen LogP contribution in [0.2, 0.25) is 0 Å². The van der Waals surface area contributed by atoms with Crippen LogP contribution in [0.25, 0.3) is 0 Å². The van der Waals surface area contributed by atoms with Crippen LogP contribution in [-0.2, 0) is 6.54 Å². The minimum absolute atomic E-state index is 0.223. The maximum absolute atomic E-state index is 11.3. The summed E-state index contributed by atoms with van der Waals surface area (Å²) in [5, 5.41) is 3.18. The second kappa shape index (κ2) is 6.01. The summed E-state index contributed by atoms with van der Waals surface area (Å²) in [4.78, 5) is 19.6. The summed E-state index contributed by atoms with van der Waals surface area (Å²) in [6.45, 7) is 2.53. The van der Waals surface area contributed by atoms with Crippen molar-refractivity contribution >= 4 is 11.6 Å². The molecule has 0 aliphatic heterocycles. The van der Waals surface area contributed by atoms with Gasteiger partial charge in [0, 0.05) is 18.4 Å². The summed E-state index contributed by atoms with van der Waals surface area (Å²) in [6.07, 6.45) is 3.34. The second-order valence-electron chi connectivity index (χ2n) is 4.25. The van der Waals surface area contributed by atoms with Crippen molar-refractivity contribution in [1.29, 1.82) is 0 Å². The fraction of sp³-hybridized carbons (Fsp3) is 0.214. The first-order valence-corrected chi connectivity index (χ1v) is 6.10. The van der Waals surface area contributed by atoms with Gasteiger partial charge in [-0.2, -0.15) is 0 Å². The molecular weight excluding hydrogens is 256 g/mol. The van der Waals surface area contributed by atoms with Crippen molar-refractivity contribution in [3.63, 3.8) is 0 Å². The highest BCUT2D eigenvalue weighted by atomic mass is 16.5. The van der Waals surface area contributed by atoms with E-state index in [-0.39, 0.29) is 11.4 Å². The van der Waals surface area contributed by atoms with E-state index in [0.29, 0.717) is 12.2 Å². The van der Waals surface area contributed by atoms with Gasteiger partial charge in [-0.15, -0.1) is 0 Å². The van der Waals surface area contributed by atoms with Crippen LogP contribution in [-0.4, -0.2) is 23.0 Å². The fourth-order valence-electron chi connectivity index (χ4n) is 1.79. The molecule has 0 saturated heterocycles. The lowest BCUT2D eigenvalue weighted by Gasteiger charge is -2.10. The number of amides is 1. The minimum Gasteiger partial charge on any atom is -0.480 e. The number of rotatable bonds is 5. The van der Waals surface area contributed by atoms with E-state index in [1.54, 1.807) is 18.5 Å². The van der Waals surface area contributed by atoms with Gasteiger partial charge in [0.25, 0.3) is 5.91 Å². The van der Waals surface area contributed by atoms with Gasteiger partial charge in [0.05, 0.1) is 19.0 Å². The van der Waals surface area contributed by atoms with Crippen molar-refractivity contribution in [3.05, 3.63) is 47.4 Å². The number of nitrogens with zero attached hydrogens (tertiary/aromatic N) is 2. The van der Waals surface area contributed by atoms with Gasteiger partial charge in [-0.05, 0) is 24.6 Å². The fourth-order valence-corrected chi connectivity index (χ4v) is 1.79. The highest BCUT2D eigenvalue weighted by Gasteiger charge is 2.11. The number of methoxy groups -OCH3 is 1. The van der Waals surface area contributed by atoms with Crippen LogP contribution in [0.5, 0.6) is 5.88 Å². The normalized spacial score (nSPS) is 10.1. The molecule has 0 atom stereocenters. The summed E-state index contributed by atoms with van der Waals surface area (Å²) in [5.74, 6) is -0.351. The summed E-state index contributed by atoms with van der Waals surface area (Å²) in [7, 11) is 1.45. The average Bonchev–Trinajstić information content (AvgIpc) is 2.46. The predicted octanol–water partition coefficient (Wildman–Crippen LogP) is 1.50. The molecule has 1 amide bonds. The monoisotopic (exact) mass is 272 g/mol. The molecule has 0 unspecified atom stereocenters. The van der Waals surface area contributed by atoms with Gasteiger partial charge in [0.15, 0.2) is 0 Å². The van der Waals surface area contributed by atoms with Crippen molar-refractivity contribution in [3.8, 4) is 5.88 Å². The third kappa shape index (κ3) is 3.03. The maximum Gasteiger partial charge on any atom is 0.254 e. The third-order valence-corrected chi connectivity index (χ3v) is 2.91. The second-order valence-corrected chi connectivity index (χ2v) is 4.25. The molecule has 2 aromatic heterocycles. The summed E-state index contributed by atoms with van der Waals surface area (Å²) in [5.41, 5.74) is 8.27. The molecule has 3 N–H and O–H groups in total. The maximum atomic E-state index is 11.3. The molecule has 20 heavy (non-hydrogen) atoms. The zero-order valence-electron chi connectivity index (χ0n) is 11.4. The van der Waals surface area contributed by atoms with E-state index >= 15 is 0 Å². The number of aryl methyl sites for hydroxylation is 1. The molecule has 0 bridgehead atoms. The van der Waals surface area contributed by atoms with Crippen LogP contribution in [0, 0.1) is 6.92 Å². The summed E-state index contributed by atoms with van der Waals surface area (Å²) < 4.78 is 4.99. The van der Waals surface area contributed by atoms with E-state index in [2.05, 4.69) is 15.3 Å². The van der Waals surface area contributed by atoms with Gasteiger partial charge in [0.1, 0.15) is 5.56 Å². The Morgan fingerprint density at radius 2 is 2.25 bits per heavy atom. The SMILES string of the molecule is COc1ncc(NCc2cccnc2C)cc1C(N)=O. The first-order chi connectivity index (χ1) is 9.61. The Labute approximate surface area is 117 Å². The molecule has 104 valence electrons. The van der Waals surface area contributed by atoms with Crippen LogP contribution < -0.4 is 15.8 Å². The van der Waals surface area contributed by atoms with Crippen LogP contribution in [0.3, 0.4) is 0 Å². The first kappa shape index (κ1) is 13.8. The smallest absolute Gasteiger partial charge is 0.254 e. The van der Waals surface area contributed by atoms with E-state index in [1.807, 2.05) is 19.1 Å². The number of hydrogen-bond acceptors (Lipinski definition) is 5. The number of ether oxygens (including phenoxy) is 1. The van der Waals surface area contributed by atoms with Crippen molar-refractivity contribution in [1.82, 2.24) is 9.97 Å². The standard InChI is InChI=1S/C14H16N4O2/c1-9-10(4-3-5-16-9)7-17-11-6-12(13(15)19)14(20-2)18-8-11/h3-6,8,17H,7H2,1-2H3,(H2,15,19). The molecule has 0 saturated carbocycles. The molecule has 0 aliphatic rings. The Bertz CT molecular complexity index is 628. The van der Waals surface area contributed by atoms with Gasteiger partial charge < -0.3 is 15.8 Å². The minimum atomic E-state index is -0.574. The first-order valence-electron chi connectivity index (χ1n) is 6.10. The Kier molecular flexibility index (Phi) is 4.14. The largest absolute Gasteiger partial charge is 0.480 e. The van der Waals surface area contributed by atoms with Gasteiger partial charge in [-0.25, -0.2) is 4.98 Å². The molecule has 0 aliphatic carbocycles. The number of nitrogens with one attached hydrogen (secondary N) is 1. The lowest BCUT2D eigenvalue weighted by Crippen LogP contribution is -2.14. The number of carbonyl (C=O) groups is 1. The molecule has 6 nitrogen and oxygen atoms in total. The van der Waals surface area contributed by atoms with E-state index in [9.17, 15) is 4.79 Å². The quantitative estimate of drug-likeness (QED) is 0.861. The molecular formula is C14H16N4O2. The lowest BCUT2D eigenvalue weighted by molar-refractivity contribution is 0.0996. The Balaban J connectivity index is 2.16. The van der Waals surface area contributed by atoms with E-state index in [4.69, 9.17) is 10.5 Å². The van der Waals surface area contributed by atoms with Crippen molar-refractivity contribution < 1.29 is 9.53 Å². The van der Waals surface area contributed by atoms with E-state index in [1.165, 1.54) is 7.11 Å². The zero-order chi connectivity index (χ0) is 14.5. The number of anilines is 1. The highest BCUT2D eigenvalue weighted by molar-refractivity contribution is 5.95. The molecule has 2 rings (SSSR count). The van der Waals surface area contributed by atoms with Crippen molar-refractivity contribution in [2.75, 3.05) is 12.4 Å². The lowest BCUT2D eigenvalue weighted by atomic mass is 10.2. The number of nitrogens with two attached hydrogens (primary N) is 1. The number of carbonyl (C=O) groups excluding carboxylic acids is 1. The molecule has 2 heterocycles. The summed E-state index contributed by atoms with van der Waals surface area (Å²) in [6, 6.07) is 5.49.